The van der Waals surface area contributed by atoms with Gasteiger partial charge >= 0.3 is 5.97 Å². The number of rotatable bonds is 5. The Morgan fingerprint density at radius 1 is 0.938 bits per heavy atom. The maximum absolute atomic E-state index is 5.30. The van der Waals surface area contributed by atoms with Gasteiger partial charge in [0.25, 0.3) is 0 Å². The van der Waals surface area contributed by atoms with E-state index in [1.54, 1.807) is 7.11 Å². The number of benzene rings is 1. The van der Waals surface area contributed by atoms with E-state index in [0.29, 0.717) is 11.3 Å². The molecule has 0 saturated heterocycles. The first-order valence-corrected chi connectivity index (χ1v) is 4.94. The molecule has 1 aromatic carbocycles. The Balaban J connectivity index is 3.28. The first-order valence-electron chi connectivity index (χ1n) is 4.94. The van der Waals surface area contributed by atoms with Crippen LogP contribution in [-0.4, -0.2) is 28.4 Å². The molecule has 0 heterocycles. The molecule has 0 saturated carbocycles. The monoisotopic (exact) mass is 226 g/mol. The van der Waals surface area contributed by atoms with Crippen LogP contribution in [0.3, 0.4) is 0 Å². The molecule has 90 valence electrons. The standard InChI is InChI=1S/C12H18O4/c1-9-6-7-10(11(8-9)13-2)12(14-3,15-4)16-5/h6-8H,1-5H3. The lowest BCUT2D eigenvalue weighted by molar-refractivity contribution is -0.365. The molecule has 4 heteroatoms. The second-order valence-corrected chi connectivity index (χ2v) is 3.37. The van der Waals surface area contributed by atoms with Gasteiger partial charge in [0.05, 0.1) is 12.7 Å². The number of hydrogen-bond donors (Lipinski definition) is 0. The topological polar surface area (TPSA) is 36.9 Å². The number of methoxy groups -OCH3 is 4. The minimum absolute atomic E-state index is 0.672. The molecule has 0 spiro atoms. The lowest BCUT2D eigenvalue weighted by atomic mass is 10.1. The largest absolute Gasteiger partial charge is 0.496 e. The molecule has 0 aliphatic rings. The summed E-state index contributed by atoms with van der Waals surface area (Å²) in [4.78, 5) is 0. The van der Waals surface area contributed by atoms with Gasteiger partial charge in [0, 0.05) is 21.3 Å². The third-order valence-corrected chi connectivity index (χ3v) is 2.49. The predicted molar refractivity (Wildman–Crippen MR) is 60.4 cm³/mol. The molecule has 0 atom stereocenters. The molecule has 0 aliphatic carbocycles. The molecule has 0 radical (unpaired) electrons. The Labute approximate surface area is 96.1 Å². The molecule has 0 N–H and O–H groups in total. The molecular weight excluding hydrogens is 208 g/mol. The summed E-state index contributed by atoms with van der Waals surface area (Å²) in [5.74, 6) is -0.551. The van der Waals surface area contributed by atoms with Crippen LogP contribution >= 0.6 is 0 Å². The fraction of sp³-hybridized carbons (Fsp3) is 0.500. The van der Waals surface area contributed by atoms with Gasteiger partial charge < -0.3 is 18.9 Å². The van der Waals surface area contributed by atoms with Gasteiger partial charge in [0.1, 0.15) is 5.75 Å². The molecule has 1 rings (SSSR count). The van der Waals surface area contributed by atoms with E-state index in [-0.39, 0.29) is 0 Å². The van der Waals surface area contributed by atoms with E-state index in [9.17, 15) is 0 Å². The summed E-state index contributed by atoms with van der Waals surface area (Å²) in [6.07, 6.45) is 0. The Hall–Kier alpha value is -1.10. The normalized spacial score (nSPS) is 11.6. The third-order valence-electron chi connectivity index (χ3n) is 2.49. The van der Waals surface area contributed by atoms with Gasteiger partial charge in [-0.2, -0.15) is 0 Å². The van der Waals surface area contributed by atoms with Crippen molar-refractivity contribution in [1.82, 2.24) is 0 Å². The van der Waals surface area contributed by atoms with Crippen molar-refractivity contribution < 1.29 is 18.9 Å². The van der Waals surface area contributed by atoms with Gasteiger partial charge in [-0.15, -0.1) is 0 Å². The Bertz CT molecular complexity index is 337. The SMILES string of the molecule is COc1cc(C)ccc1C(OC)(OC)OC. The van der Waals surface area contributed by atoms with Crippen LogP contribution in [-0.2, 0) is 20.2 Å². The molecule has 0 aliphatic heterocycles. The van der Waals surface area contributed by atoms with Gasteiger partial charge in [-0.05, 0) is 24.6 Å². The summed E-state index contributed by atoms with van der Waals surface area (Å²) >= 11 is 0. The molecular formula is C12H18O4. The fourth-order valence-electron chi connectivity index (χ4n) is 1.63. The van der Waals surface area contributed by atoms with Crippen LogP contribution in [0.1, 0.15) is 11.1 Å². The minimum Gasteiger partial charge on any atom is -0.496 e. The van der Waals surface area contributed by atoms with Gasteiger partial charge in [-0.25, -0.2) is 0 Å². The predicted octanol–water partition coefficient (Wildman–Crippen LogP) is 2.05. The summed E-state index contributed by atoms with van der Waals surface area (Å²) < 4.78 is 21.1. The summed E-state index contributed by atoms with van der Waals surface area (Å²) in [5, 5.41) is 0. The first-order chi connectivity index (χ1) is 7.63. The molecule has 4 nitrogen and oxygen atoms in total. The highest BCUT2D eigenvalue weighted by molar-refractivity contribution is 5.39. The van der Waals surface area contributed by atoms with E-state index in [1.165, 1.54) is 21.3 Å². The number of aryl methyl sites for hydroxylation is 1. The van der Waals surface area contributed by atoms with Crippen LogP contribution in [0.5, 0.6) is 5.75 Å². The Kier molecular flexibility index (Phi) is 4.29. The number of hydrogen-bond acceptors (Lipinski definition) is 4. The molecule has 0 fully saturated rings. The second kappa shape index (κ2) is 5.30. The lowest BCUT2D eigenvalue weighted by Gasteiger charge is -2.30. The lowest BCUT2D eigenvalue weighted by Crippen LogP contribution is -2.33. The summed E-state index contributed by atoms with van der Waals surface area (Å²) in [5.41, 5.74) is 1.80. The zero-order valence-corrected chi connectivity index (χ0v) is 10.4. The van der Waals surface area contributed by atoms with Gasteiger partial charge in [-0.1, -0.05) is 6.07 Å². The van der Waals surface area contributed by atoms with E-state index in [2.05, 4.69) is 0 Å². The summed E-state index contributed by atoms with van der Waals surface area (Å²) in [7, 11) is 6.16. The van der Waals surface area contributed by atoms with Crippen LogP contribution in [0.15, 0.2) is 18.2 Å². The van der Waals surface area contributed by atoms with E-state index < -0.39 is 5.97 Å². The van der Waals surface area contributed by atoms with Gasteiger partial charge in [0.2, 0.25) is 0 Å². The van der Waals surface area contributed by atoms with Crippen molar-refractivity contribution in [2.75, 3.05) is 28.4 Å². The zero-order chi connectivity index (χ0) is 12.2. The van der Waals surface area contributed by atoms with Crippen LogP contribution in [0.25, 0.3) is 0 Å². The van der Waals surface area contributed by atoms with E-state index in [0.717, 1.165) is 5.56 Å². The zero-order valence-electron chi connectivity index (χ0n) is 10.4. The first kappa shape index (κ1) is 13.0. The quantitative estimate of drug-likeness (QED) is 0.720. The van der Waals surface area contributed by atoms with Crippen molar-refractivity contribution in [3.8, 4) is 5.75 Å². The molecule has 16 heavy (non-hydrogen) atoms. The van der Waals surface area contributed by atoms with Gasteiger partial charge in [-0.3, -0.25) is 0 Å². The highest BCUT2D eigenvalue weighted by atomic mass is 16.9. The highest BCUT2D eigenvalue weighted by Crippen LogP contribution is 2.34. The summed E-state index contributed by atoms with van der Waals surface area (Å²) in [6.45, 7) is 1.99. The smallest absolute Gasteiger partial charge is 0.314 e. The molecule has 0 amide bonds. The number of ether oxygens (including phenoxy) is 4. The second-order valence-electron chi connectivity index (χ2n) is 3.37. The van der Waals surface area contributed by atoms with Crippen molar-refractivity contribution in [3.05, 3.63) is 29.3 Å². The average Bonchev–Trinajstić information content (AvgIpc) is 2.33. The van der Waals surface area contributed by atoms with E-state index in [1.807, 2.05) is 25.1 Å². The van der Waals surface area contributed by atoms with Crippen molar-refractivity contribution in [3.63, 3.8) is 0 Å². The van der Waals surface area contributed by atoms with Crippen molar-refractivity contribution in [1.29, 1.82) is 0 Å². The van der Waals surface area contributed by atoms with Gasteiger partial charge in [0.15, 0.2) is 0 Å². The molecule has 0 unspecified atom stereocenters. The highest BCUT2D eigenvalue weighted by Gasteiger charge is 2.35. The Morgan fingerprint density at radius 2 is 1.50 bits per heavy atom. The van der Waals surface area contributed by atoms with Crippen LogP contribution < -0.4 is 4.74 Å². The van der Waals surface area contributed by atoms with Crippen molar-refractivity contribution in [2.45, 2.75) is 12.9 Å². The fourth-order valence-corrected chi connectivity index (χ4v) is 1.63. The molecule has 0 bridgehead atoms. The molecule has 1 aromatic rings. The van der Waals surface area contributed by atoms with E-state index >= 15 is 0 Å². The van der Waals surface area contributed by atoms with Crippen molar-refractivity contribution >= 4 is 0 Å². The maximum atomic E-state index is 5.30. The molecule has 0 aromatic heterocycles. The van der Waals surface area contributed by atoms with E-state index in [4.69, 9.17) is 18.9 Å². The summed E-state index contributed by atoms with van der Waals surface area (Å²) in [6, 6.07) is 5.72. The Morgan fingerprint density at radius 3 is 1.94 bits per heavy atom. The minimum atomic E-state index is -1.22. The van der Waals surface area contributed by atoms with Crippen LogP contribution in [0.4, 0.5) is 0 Å². The third kappa shape index (κ3) is 2.19. The van der Waals surface area contributed by atoms with Crippen LogP contribution in [0.2, 0.25) is 0 Å². The maximum Gasteiger partial charge on any atom is 0.314 e. The van der Waals surface area contributed by atoms with Crippen LogP contribution in [0, 0.1) is 6.92 Å². The average molecular weight is 226 g/mol. The van der Waals surface area contributed by atoms with Crippen molar-refractivity contribution in [2.24, 2.45) is 0 Å².